The smallest absolute Gasteiger partial charge is 0.305 e. The minimum Gasteiger partial charge on any atom is -0.508 e. The highest BCUT2D eigenvalue weighted by Crippen LogP contribution is 2.25. The van der Waals surface area contributed by atoms with Gasteiger partial charge < -0.3 is 98.4 Å². The zero-order valence-electron chi connectivity index (χ0n) is 75.8. The molecule has 0 aliphatic carbocycles. The third-order valence-corrected chi connectivity index (χ3v) is 24.0. The summed E-state index contributed by atoms with van der Waals surface area (Å²) in [6, 6.07) is 33.9. The van der Waals surface area contributed by atoms with E-state index in [2.05, 4.69) is 52.8 Å². The molecule has 8 aromatic rings. The Morgan fingerprint density at radius 2 is 0.865 bits per heavy atom. The number of hydrogen-bond acceptors (Lipinski definition) is 19. The van der Waals surface area contributed by atoms with Gasteiger partial charge >= 0.3 is 5.97 Å². The number of primary amides is 1. The summed E-state index contributed by atoms with van der Waals surface area (Å²) in [5.41, 5.74) is 10.4. The van der Waals surface area contributed by atoms with Crippen molar-refractivity contribution in [1.29, 1.82) is 0 Å². The maximum absolute atomic E-state index is 15.6. The molecule has 0 bridgehead atoms. The first-order valence-electron chi connectivity index (χ1n) is 43.8. The van der Waals surface area contributed by atoms with Crippen LogP contribution in [-0.4, -0.2) is 272 Å². The average Bonchev–Trinajstić information content (AvgIpc) is 1.77. The minimum atomic E-state index is -1.91. The molecule has 706 valence electrons. The number of carboxylic acid groups (broad SMARTS) is 1. The van der Waals surface area contributed by atoms with Crippen LogP contribution in [-0.2, 0) is 122 Å². The molecule has 1 saturated heterocycles. The first-order valence-corrected chi connectivity index (χ1v) is 44.9. The van der Waals surface area contributed by atoms with Crippen molar-refractivity contribution in [2.45, 2.75) is 165 Å². The molecule has 2 heterocycles. The second kappa shape index (κ2) is 49.5. The predicted molar refractivity (Wildman–Crippen MR) is 497 cm³/mol. The van der Waals surface area contributed by atoms with Crippen LogP contribution in [0.5, 0.6) is 11.5 Å². The number of aromatic nitrogens is 1. The fraction of sp³-hybridized carbons (Fsp3) is 0.381. The van der Waals surface area contributed by atoms with E-state index in [0.29, 0.717) is 62.7 Å². The summed E-state index contributed by atoms with van der Waals surface area (Å²) in [7, 11) is 6.53. The summed E-state index contributed by atoms with van der Waals surface area (Å²) >= 11 is 0.821. The van der Waals surface area contributed by atoms with Gasteiger partial charge in [-0.05, 0) is 88.5 Å². The second-order valence-electron chi connectivity index (χ2n) is 33.6. The van der Waals surface area contributed by atoms with Crippen molar-refractivity contribution in [3.8, 4) is 11.5 Å². The van der Waals surface area contributed by atoms with E-state index in [0.717, 1.165) is 32.0 Å². The number of unbranched alkanes of at least 4 members (excludes halogenated alkanes) is 1. The van der Waals surface area contributed by atoms with E-state index in [1.54, 1.807) is 160 Å². The largest absolute Gasteiger partial charge is 0.508 e. The molecule has 0 spiro atoms. The van der Waals surface area contributed by atoms with Crippen LogP contribution < -0.4 is 53.6 Å². The Bertz CT molecular complexity index is 5400. The van der Waals surface area contributed by atoms with Gasteiger partial charge in [-0.2, -0.15) is 0 Å². The lowest BCUT2D eigenvalue weighted by Gasteiger charge is -2.37. The van der Waals surface area contributed by atoms with E-state index in [9.17, 15) is 48.9 Å². The van der Waals surface area contributed by atoms with Gasteiger partial charge in [-0.3, -0.25) is 76.7 Å². The number of likely N-dealkylation sites (N-methyl/N-ethyl adjacent to an activating group) is 5. The molecule has 36 heteroatoms. The number of nitrogens with two attached hydrogens (primary N) is 1. The number of carbonyl (C=O) groups is 16. The third-order valence-electron chi connectivity index (χ3n) is 22.9. The topological polar surface area (TPSA) is 500 Å². The predicted octanol–water partition coefficient (Wildman–Crippen LogP) is 2.83. The average molecular weight is 1840 g/mol. The molecule has 7 aromatic carbocycles. The number of fused-ring (bicyclic) bond motifs is 1. The van der Waals surface area contributed by atoms with Gasteiger partial charge in [0.05, 0.1) is 31.8 Å². The number of aryl methyl sites for hydroxylation is 1. The first kappa shape index (κ1) is 102. The van der Waals surface area contributed by atoms with E-state index in [-0.39, 0.29) is 62.9 Å². The number of hydrogen-bond donors (Lipinski definition) is 14. The number of benzene rings is 7. The summed E-state index contributed by atoms with van der Waals surface area (Å²) in [5.74, 6) is -17.3. The number of phenols is 2. The molecule has 0 radical (unpaired) electrons. The van der Waals surface area contributed by atoms with Gasteiger partial charge in [0.15, 0.2) is 0 Å². The number of rotatable bonds is 23. The van der Waals surface area contributed by atoms with E-state index < -0.39 is 205 Å². The Balaban J connectivity index is 1.13. The van der Waals surface area contributed by atoms with Gasteiger partial charge in [0.1, 0.15) is 78.0 Å². The number of aliphatic carboxylic acids is 1. The van der Waals surface area contributed by atoms with Crippen molar-refractivity contribution in [3.05, 3.63) is 239 Å². The minimum absolute atomic E-state index is 0.0254. The van der Waals surface area contributed by atoms with Gasteiger partial charge in [0.25, 0.3) is 0 Å². The van der Waals surface area contributed by atoms with Crippen LogP contribution in [0.1, 0.15) is 91.0 Å². The number of amides is 15. The first-order chi connectivity index (χ1) is 63.4. The van der Waals surface area contributed by atoms with Crippen LogP contribution in [0.15, 0.2) is 194 Å². The van der Waals surface area contributed by atoms with Crippen LogP contribution in [0.2, 0.25) is 0 Å². The molecular formula is C97H118N16O19S. The number of nitrogens with one attached hydrogen (secondary N) is 10. The van der Waals surface area contributed by atoms with E-state index in [1.807, 2.05) is 13.8 Å². The normalized spacial score (nSPS) is 21.5. The molecule has 0 saturated carbocycles. The standard InChI is InChI=1S/C97H118N16O19S/c1-10-11-31-78-95(130)110(6)55-83(118)102-74(51-85(120)121)91(126)108-86(58(2)3)97(132)112(8)79(48-61-25-17-13-18-26-61)92(127)106-75(47-65-38-42-68(115)43-39-65)93(128)109(5)54-82(117)101-73(50-66-52-99-70-30-22-21-29-69(66)70)90(125)105-71(45-64-36-40-67(114)41-37-64)88(123)104-72(44-63-34-32-59(4)33-35-63)89(124)107-77(87(122)100-53-81(98)116)56-133-57-84(119)103-76(46-60-23-15-12-16-24-60)94(129)113(9)80(96(131)111(78)7)49-62-27-19-14-20-28-62/h12-30,32-43,52,58,71-80,86,99,114-115H,10-11,31,44-51,53-57H2,1-9H3,(H2,98,116)(H,100,122)(H,101,117)(H,102,118)(H,103,119)(H,104,123)(H,105,125)(H,106,127)(H,107,124)(H,108,126)(H,120,121)/t71-,72-,73-,74-,75-,76-,77-,78-,79-,80-,86-/m0/s1. The number of carbonyl (C=O) groups excluding carboxylic acids is 15. The number of para-hydroxylation sites is 1. The van der Waals surface area contributed by atoms with Gasteiger partial charge in [-0.15, -0.1) is 11.8 Å². The summed E-state index contributed by atoms with van der Waals surface area (Å²) < 4.78 is 0. The summed E-state index contributed by atoms with van der Waals surface area (Å²) in [5, 5.41) is 55.8. The zero-order valence-corrected chi connectivity index (χ0v) is 76.6. The molecule has 133 heavy (non-hydrogen) atoms. The van der Waals surface area contributed by atoms with Crippen molar-refractivity contribution in [1.82, 2.24) is 77.3 Å². The fourth-order valence-corrected chi connectivity index (χ4v) is 16.3. The second-order valence-corrected chi connectivity index (χ2v) is 34.7. The fourth-order valence-electron chi connectivity index (χ4n) is 15.4. The van der Waals surface area contributed by atoms with Gasteiger partial charge in [-0.1, -0.05) is 197 Å². The Morgan fingerprint density at radius 1 is 0.444 bits per heavy atom. The third kappa shape index (κ3) is 30.6. The monoisotopic (exact) mass is 1840 g/mol. The molecule has 1 aliphatic heterocycles. The van der Waals surface area contributed by atoms with Crippen molar-refractivity contribution >= 4 is 117 Å². The van der Waals surface area contributed by atoms with Crippen molar-refractivity contribution in [2.75, 3.05) is 66.4 Å². The number of nitrogens with zero attached hydrogens (tertiary/aromatic N) is 5. The molecule has 0 unspecified atom stereocenters. The number of carboxylic acids is 1. The summed E-state index contributed by atoms with van der Waals surface area (Å²) in [6.45, 7) is 4.47. The maximum atomic E-state index is 15.6. The van der Waals surface area contributed by atoms with Gasteiger partial charge in [0, 0.05) is 103 Å². The van der Waals surface area contributed by atoms with Crippen LogP contribution in [0.4, 0.5) is 0 Å². The molecule has 9 rings (SSSR count). The number of aromatic amines is 1. The summed E-state index contributed by atoms with van der Waals surface area (Å²) in [6.07, 6.45) is -0.154. The lowest BCUT2D eigenvalue weighted by Crippen LogP contribution is -2.61. The van der Waals surface area contributed by atoms with E-state index in [4.69, 9.17) is 5.73 Å². The van der Waals surface area contributed by atoms with Crippen molar-refractivity contribution < 1.29 is 92.0 Å². The molecule has 15 N–H and O–H groups in total. The molecule has 35 nitrogen and oxygen atoms in total. The Morgan fingerprint density at radius 3 is 1.38 bits per heavy atom. The molecule has 11 atom stereocenters. The van der Waals surface area contributed by atoms with E-state index >= 15 is 43.2 Å². The zero-order chi connectivity index (χ0) is 96.7. The highest BCUT2D eigenvalue weighted by Gasteiger charge is 2.42. The van der Waals surface area contributed by atoms with Crippen LogP contribution in [0, 0.1) is 12.8 Å². The van der Waals surface area contributed by atoms with Crippen molar-refractivity contribution in [3.63, 3.8) is 0 Å². The van der Waals surface area contributed by atoms with Crippen LogP contribution >= 0.6 is 11.8 Å². The summed E-state index contributed by atoms with van der Waals surface area (Å²) in [4.78, 5) is 245. The molecular weight excluding hydrogens is 1730 g/mol. The Hall–Kier alpha value is -14.5. The molecule has 1 fully saturated rings. The van der Waals surface area contributed by atoms with Gasteiger partial charge in [0.2, 0.25) is 88.6 Å². The number of aromatic hydroxyl groups is 2. The van der Waals surface area contributed by atoms with Gasteiger partial charge in [-0.25, -0.2) is 0 Å². The van der Waals surface area contributed by atoms with Crippen molar-refractivity contribution in [2.24, 2.45) is 11.7 Å². The highest BCUT2D eigenvalue weighted by atomic mass is 32.2. The van der Waals surface area contributed by atoms with E-state index in [1.165, 1.54) is 93.6 Å². The lowest BCUT2D eigenvalue weighted by molar-refractivity contribution is -0.151. The highest BCUT2D eigenvalue weighted by molar-refractivity contribution is 8.00. The maximum Gasteiger partial charge on any atom is 0.305 e. The molecule has 15 amide bonds. The number of H-pyrrole nitrogens is 1. The molecule has 1 aromatic heterocycles. The lowest BCUT2D eigenvalue weighted by atomic mass is 9.98. The molecule has 1 aliphatic rings. The Labute approximate surface area is 775 Å². The SMILES string of the molecule is CCCC[C@H]1C(=O)N(C)CC(=O)N[C@@H](CC(=O)O)C(=O)N[C@@H](C(C)C)C(=O)N(C)[C@@H](Cc2ccccc2)C(=O)N[C@@H](Cc2ccc(O)cc2)C(=O)N(C)CC(=O)N[C@@H](Cc2c[nH]c3ccccc23)C(=O)N[C@@H](Cc2ccc(O)cc2)C(=O)N[C@@H](Cc2ccc(C)cc2)C(=O)N[C@H](C(=O)NCC(N)=O)CSCC(=O)N[C@@H](Cc2ccccc2)C(=O)N(C)[C@@H](Cc2ccccc2)C(=O)N1C. The van der Waals surface area contributed by atoms with Crippen LogP contribution in [0.25, 0.3) is 10.9 Å². The number of thioether (sulfide) groups is 1. The quantitative estimate of drug-likeness (QED) is 0.0438. The Kier molecular flexibility index (Phi) is 38.1. The van der Waals surface area contributed by atoms with Crippen LogP contribution in [0.3, 0.4) is 0 Å². The number of phenolic OH excluding ortho intramolecular Hbond substituents is 2.